The second-order valence-corrected chi connectivity index (χ2v) is 7.23. The number of carbonyl (C=O) groups is 1. The highest BCUT2D eigenvalue weighted by atomic mass is 16.5. The first-order valence-electron chi connectivity index (χ1n) is 9.76. The normalized spacial score (nSPS) is 20.1. The second kappa shape index (κ2) is 9.03. The van der Waals surface area contributed by atoms with E-state index in [1.54, 1.807) is 12.3 Å². The molecule has 2 saturated heterocycles. The van der Waals surface area contributed by atoms with Crippen molar-refractivity contribution in [1.29, 1.82) is 0 Å². The zero-order valence-corrected chi connectivity index (χ0v) is 15.7. The average molecular weight is 383 g/mol. The summed E-state index contributed by atoms with van der Waals surface area (Å²) in [5.74, 6) is 1.05. The van der Waals surface area contributed by atoms with Crippen molar-refractivity contribution >= 4 is 17.4 Å². The van der Waals surface area contributed by atoms with Crippen LogP contribution in [0.4, 0.5) is 11.5 Å². The molecule has 9 heteroatoms. The molecule has 148 valence electrons. The number of amides is 1. The van der Waals surface area contributed by atoms with Gasteiger partial charge in [-0.2, -0.15) is 5.10 Å². The van der Waals surface area contributed by atoms with Gasteiger partial charge in [0.25, 0.3) is 0 Å². The van der Waals surface area contributed by atoms with Gasteiger partial charge in [0.2, 0.25) is 5.91 Å². The molecule has 3 N–H and O–H groups in total. The smallest absolute Gasteiger partial charge is 0.229 e. The third kappa shape index (κ3) is 4.79. The summed E-state index contributed by atoms with van der Waals surface area (Å²) in [6.45, 7) is 4.12. The standard InChI is InChI=1S/C19H25N7O2/c27-19(14-1-4-20-10-14)25-18-8-16(22-12-23-18)17-7-15(11-24-26-17)21-9-13-2-5-28-6-3-13/h7-8,11-14,20H,1-6,9-10H2,(H,21,26)(H,22,23,25,27)/t14-/m1/s1. The number of rotatable bonds is 6. The predicted molar refractivity (Wildman–Crippen MR) is 105 cm³/mol. The maximum atomic E-state index is 12.3. The van der Waals surface area contributed by atoms with Crippen LogP contribution >= 0.6 is 0 Å². The summed E-state index contributed by atoms with van der Waals surface area (Å²) in [5, 5.41) is 17.8. The molecule has 2 aromatic rings. The molecule has 0 bridgehead atoms. The fourth-order valence-electron chi connectivity index (χ4n) is 3.47. The lowest BCUT2D eigenvalue weighted by Crippen LogP contribution is -2.25. The van der Waals surface area contributed by atoms with Crippen LogP contribution in [0, 0.1) is 11.8 Å². The quantitative estimate of drug-likeness (QED) is 0.684. The first kappa shape index (κ1) is 18.7. The molecule has 1 atom stereocenters. The van der Waals surface area contributed by atoms with Gasteiger partial charge < -0.3 is 20.7 Å². The van der Waals surface area contributed by atoms with E-state index in [9.17, 15) is 4.79 Å². The molecule has 4 heterocycles. The lowest BCUT2D eigenvalue weighted by Gasteiger charge is -2.22. The van der Waals surface area contributed by atoms with Crippen molar-refractivity contribution in [3.63, 3.8) is 0 Å². The van der Waals surface area contributed by atoms with E-state index in [-0.39, 0.29) is 11.8 Å². The SMILES string of the molecule is O=C(Nc1cc(-c2cc(NCC3CCOCC3)cnn2)ncn1)[C@@H]1CCNC1. The van der Waals surface area contributed by atoms with Crippen molar-refractivity contribution in [3.05, 3.63) is 24.7 Å². The minimum Gasteiger partial charge on any atom is -0.383 e. The van der Waals surface area contributed by atoms with E-state index in [1.165, 1.54) is 6.33 Å². The lowest BCUT2D eigenvalue weighted by molar-refractivity contribution is -0.119. The van der Waals surface area contributed by atoms with Crippen LogP contribution in [0.15, 0.2) is 24.7 Å². The maximum Gasteiger partial charge on any atom is 0.229 e. The van der Waals surface area contributed by atoms with Crippen molar-refractivity contribution in [2.75, 3.05) is 43.5 Å². The van der Waals surface area contributed by atoms with Crippen LogP contribution in [0.25, 0.3) is 11.4 Å². The van der Waals surface area contributed by atoms with Crippen molar-refractivity contribution in [1.82, 2.24) is 25.5 Å². The van der Waals surface area contributed by atoms with E-state index in [1.807, 2.05) is 6.07 Å². The highest BCUT2D eigenvalue weighted by molar-refractivity contribution is 5.92. The number of hydrogen-bond acceptors (Lipinski definition) is 8. The van der Waals surface area contributed by atoms with E-state index in [0.717, 1.165) is 51.3 Å². The van der Waals surface area contributed by atoms with Crippen LogP contribution in [0.1, 0.15) is 19.3 Å². The highest BCUT2D eigenvalue weighted by Gasteiger charge is 2.22. The van der Waals surface area contributed by atoms with Crippen LogP contribution in [0.3, 0.4) is 0 Å². The molecule has 0 spiro atoms. The Hall–Kier alpha value is -2.65. The molecule has 2 aliphatic heterocycles. The molecule has 2 aliphatic rings. The Morgan fingerprint density at radius 1 is 1.18 bits per heavy atom. The largest absolute Gasteiger partial charge is 0.383 e. The zero-order valence-electron chi connectivity index (χ0n) is 15.7. The third-order valence-electron chi connectivity index (χ3n) is 5.20. The van der Waals surface area contributed by atoms with Gasteiger partial charge in [-0.1, -0.05) is 0 Å². The van der Waals surface area contributed by atoms with Gasteiger partial charge in [0.1, 0.15) is 17.8 Å². The minimum atomic E-state index is -0.0207. The van der Waals surface area contributed by atoms with Crippen LogP contribution in [-0.2, 0) is 9.53 Å². The Morgan fingerprint density at radius 2 is 2.07 bits per heavy atom. The fourth-order valence-corrected chi connectivity index (χ4v) is 3.47. The molecule has 4 rings (SSSR count). The van der Waals surface area contributed by atoms with Gasteiger partial charge in [-0.15, -0.1) is 5.10 Å². The number of nitrogens with one attached hydrogen (secondary N) is 3. The van der Waals surface area contributed by atoms with E-state index in [4.69, 9.17) is 4.74 Å². The molecule has 0 aliphatic carbocycles. The van der Waals surface area contributed by atoms with Crippen LogP contribution in [-0.4, -0.2) is 58.9 Å². The highest BCUT2D eigenvalue weighted by Crippen LogP contribution is 2.21. The van der Waals surface area contributed by atoms with Crippen LogP contribution in [0.5, 0.6) is 0 Å². The molecule has 0 aromatic carbocycles. The summed E-state index contributed by atoms with van der Waals surface area (Å²) in [5.41, 5.74) is 2.16. The number of anilines is 2. The Labute approximate surface area is 163 Å². The second-order valence-electron chi connectivity index (χ2n) is 7.23. The van der Waals surface area contributed by atoms with Gasteiger partial charge in [0.05, 0.1) is 23.5 Å². The Kier molecular flexibility index (Phi) is 6.03. The van der Waals surface area contributed by atoms with Gasteiger partial charge in [0.15, 0.2) is 0 Å². The summed E-state index contributed by atoms with van der Waals surface area (Å²) < 4.78 is 5.40. The van der Waals surface area contributed by atoms with Crippen molar-refractivity contribution in [3.8, 4) is 11.4 Å². The molecular weight excluding hydrogens is 358 g/mol. The van der Waals surface area contributed by atoms with Crippen LogP contribution in [0.2, 0.25) is 0 Å². The monoisotopic (exact) mass is 383 g/mol. The summed E-state index contributed by atoms with van der Waals surface area (Å²) in [4.78, 5) is 20.7. The number of aromatic nitrogens is 4. The van der Waals surface area contributed by atoms with Gasteiger partial charge in [0, 0.05) is 32.4 Å². The van der Waals surface area contributed by atoms with E-state index in [0.29, 0.717) is 29.7 Å². The average Bonchev–Trinajstić information content (AvgIpc) is 3.29. The molecule has 1 amide bonds. The summed E-state index contributed by atoms with van der Waals surface area (Å²) in [6.07, 6.45) is 6.13. The maximum absolute atomic E-state index is 12.3. The Balaban J connectivity index is 1.41. The molecule has 0 unspecified atom stereocenters. The summed E-state index contributed by atoms with van der Waals surface area (Å²) in [6, 6.07) is 3.65. The van der Waals surface area contributed by atoms with E-state index in [2.05, 4.69) is 36.1 Å². The fraction of sp³-hybridized carbons (Fsp3) is 0.526. The molecule has 0 saturated carbocycles. The molecule has 28 heavy (non-hydrogen) atoms. The summed E-state index contributed by atoms with van der Waals surface area (Å²) >= 11 is 0. The van der Waals surface area contributed by atoms with Crippen molar-refractivity contribution in [2.45, 2.75) is 19.3 Å². The number of hydrogen-bond donors (Lipinski definition) is 3. The van der Waals surface area contributed by atoms with E-state index < -0.39 is 0 Å². The zero-order chi connectivity index (χ0) is 19.2. The number of nitrogens with zero attached hydrogens (tertiary/aromatic N) is 4. The molecule has 2 aromatic heterocycles. The van der Waals surface area contributed by atoms with Gasteiger partial charge in [-0.3, -0.25) is 4.79 Å². The Bertz CT molecular complexity index is 804. The van der Waals surface area contributed by atoms with Gasteiger partial charge in [-0.25, -0.2) is 9.97 Å². The van der Waals surface area contributed by atoms with Crippen LogP contribution < -0.4 is 16.0 Å². The first-order valence-corrected chi connectivity index (χ1v) is 9.76. The molecule has 9 nitrogen and oxygen atoms in total. The number of ether oxygens (including phenoxy) is 1. The van der Waals surface area contributed by atoms with Gasteiger partial charge in [-0.05, 0) is 37.8 Å². The molecule has 0 radical (unpaired) electrons. The third-order valence-corrected chi connectivity index (χ3v) is 5.20. The lowest BCUT2D eigenvalue weighted by atomic mass is 10.0. The summed E-state index contributed by atoms with van der Waals surface area (Å²) in [7, 11) is 0. The van der Waals surface area contributed by atoms with Gasteiger partial charge >= 0.3 is 0 Å². The number of carbonyl (C=O) groups excluding carboxylic acids is 1. The predicted octanol–water partition coefficient (Wildman–Crippen LogP) is 1.32. The Morgan fingerprint density at radius 3 is 2.89 bits per heavy atom. The first-order chi connectivity index (χ1) is 13.8. The van der Waals surface area contributed by atoms with Crippen molar-refractivity contribution in [2.24, 2.45) is 11.8 Å². The molecular formula is C19H25N7O2. The van der Waals surface area contributed by atoms with Crippen molar-refractivity contribution < 1.29 is 9.53 Å². The minimum absolute atomic E-state index is 0.0177. The topological polar surface area (TPSA) is 114 Å². The van der Waals surface area contributed by atoms with E-state index >= 15 is 0 Å². The molecule has 2 fully saturated rings.